The molecule has 1 fully saturated rings. The number of anilines is 1. The van der Waals surface area contributed by atoms with Crippen LogP contribution in [0.25, 0.3) is 15.9 Å². The molecule has 1 aliphatic carbocycles. The molecule has 6 nitrogen and oxygen atoms in total. The van der Waals surface area contributed by atoms with Gasteiger partial charge in [-0.05, 0) is 55.5 Å². The van der Waals surface area contributed by atoms with Crippen LogP contribution in [-0.2, 0) is 17.6 Å². The minimum absolute atomic E-state index is 0.0426. The van der Waals surface area contributed by atoms with E-state index in [2.05, 4.69) is 4.90 Å². The van der Waals surface area contributed by atoms with Gasteiger partial charge in [0.1, 0.15) is 10.6 Å². The molecule has 2 aliphatic rings. The van der Waals surface area contributed by atoms with Crippen molar-refractivity contribution in [1.82, 2.24) is 9.55 Å². The number of aryl methyl sites for hydroxylation is 2. The van der Waals surface area contributed by atoms with Gasteiger partial charge >= 0.3 is 0 Å². The van der Waals surface area contributed by atoms with Gasteiger partial charge in [0, 0.05) is 18.0 Å². The molecule has 5 rings (SSSR count). The average molecular weight is 412 g/mol. The van der Waals surface area contributed by atoms with E-state index in [0.717, 1.165) is 54.0 Å². The highest BCUT2D eigenvalue weighted by molar-refractivity contribution is 7.18. The standard InChI is InChI=1S/C22H25N3O3S/c1-27-16-9-7-15(8-10-16)25-21(26)19-17-5-3-2-4-6-18(17)29-20(19)23-22(25)24-11-13-28-14-12-24/h7-10H,2-6,11-14H2,1H3. The number of aromatic nitrogens is 2. The Morgan fingerprint density at radius 2 is 1.83 bits per heavy atom. The number of hydrogen-bond donors (Lipinski definition) is 0. The molecule has 0 unspecified atom stereocenters. The SMILES string of the molecule is COc1ccc(-n2c(N3CCOCC3)nc3sc4c(c3c2=O)CCCCC4)cc1. The lowest BCUT2D eigenvalue weighted by atomic mass is 10.1. The number of ether oxygens (including phenoxy) is 2. The maximum absolute atomic E-state index is 13.8. The van der Waals surface area contributed by atoms with Gasteiger partial charge in [0.25, 0.3) is 5.56 Å². The molecular weight excluding hydrogens is 386 g/mol. The Morgan fingerprint density at radius 3 is 2.59 bits per heavy atom. The predicted octanol–water partition coefficient (Wildman–Crippen LogP) is 3.56. The number of thiophene rings is 1. The van der Waals surface area contributed by atoms with Gasteiger partial charge < -0.3 is 14.4 Å². The van der Waals surface area contributed by atoms with Crippen LogP contribution >= 0.6 is 11.3 Å². The first-order chi connectivity index (χ1) is 14.3. The highest BCUT2D eigenvalue weighted by Gasteiger charge is 2.25. The summed E-state index contributed by atoms with van der Waals surface area (Å²) in [6.07, 6.45) is 5.61. The van der Waals surface area contributed by atoms with Crippen LogP contribution in [0.2, 0.25) is 0 Å². The number of morpholine rings is 1. The molecule has 1 aromatic carbocycles. The smallest absolute Gasteiger partial charge is 0.268 e. The van der Waals surface area contributed by atoms with Gasteiger partial charge in [-0.1, -0.05) is 6.42 Å². The number of benzene rings is 1. The van der Waals surface area contributed by atoms with Gasteiger partial charge in [-0.25, -0.2) is 9.55 Å². The normalized spacial score (nSPS) is 17.2. The van der Waals surface area contributed by atoms with Crippen LogP contribution in [0, 0.1) is 0 Å². The van der Waals surface area contributed by atoms with Crippen LogP contribution in [0.15, 0.2) is 29.1 Å². The Bertz CT molecular complexity index is 1080. The van der Waals surface area contributed by atoms with Crippen molar-refractivity contribution in [1.29, 1.82) is 0 Å². The summed E-state index contributed by atoms with van der Waals surface area (Å²) in [7, 11) is 1.65. The molecule has 2 aromatic heterocycles. The van der Waals surface area contributed by atoms with E-state index in [0.29, 0.717) is 19.2 Å². The molecular formula is C22H25N3O3S. The molecule has 3 heterocycles. The van der Waals surface area contributed by atoms with Crippen molar-refractivity contribution >= 4 is 27.5 Å². The van der Waals surface area contributed by atoms with Crippen molar-refractivity contribution in [3.63, 3.8) is 0 Å². The number of hydrogen-bond acceptors (Lipinski definition) is 6. The van der Waals surface area contributed by atoms with Gasteiger partial charge in [0.2, 0.25) is 5.95 Å². The number of rotatable bonds is 3. The van der Waals surface area contributed by atoms with E-state index in [1.165, 1.54) is 23.3 Å². The molecule has 152 valence electrons. The summed E-state index contributed by atoms with van der Waals surface area (Å²) in [5.74, 6) is 1.49. The Hall–Kier alpha value is -2.38. The maximum Gasteiger partial charge on any atom is 0.268 e. The van der Waals surface area contributed by atoms with E-state index >= 15 is 0 Å². The van der Waals surface area contributed by atoms with Crippen LogP contribution in [-0.4, -0.2) is 43.0 Å². The van der Waals surface area contributed by atoms with E-state index in [1.807, 2.05) is 24.3 Å². The van der Waals surface area contributed by atoms with Crippen molar-refractivity contribution < 1.29 is 9.47 Å². The fourth-order valence-electron chi connectivity index (χ4n) is 4.31. The van der Waals surface area contributed by atoms with Gasteiger partial charge in [0.05, 0.1) is 31.4 Å². The van der Waals surface area contributed by atoms with Gasteiger partial charge in [-0.3, -0.25) is 4.79 Å². The summed E-state index contributed by atoms with van der Waals surface area (Å²) in [5, 5.41) is 0.819. The van der Waals surface area contributed by atoms with Crippen molar-refractivity contribution in [2.45, 2.75) is 32.1 Å². The Balaban J connectivity index is 1.75. The second-order valence-electron chi connectivity index (χ2n) is 7.59. The predicted molar refractivity (Wildman–Crippen MR) is 116 cm³/mol. The van der Waals surface area contributed by atoms with Gasteiger partial charge in [-0.2, -0.15) is 0 Å². The molecule has 0 radical (unpaired) electrons. The van der Waals surface area contributed by atoms with E-state index in [-0.39, 0.29) is 5.56 Å². The number of methoxy groups -OCH3 is 1. The van der Waals surface area contributed by atoms with E-state index in [4.69, 9.17) is 14.5 Å². The van der Waals surface area contributed by atoms with Crippen molar-refractivity contribution in [3.8, 4) is 11.4 Å². The molecule has 0 bridgehead atoms. The van der Waals surface area contributed by atoms with Crippen molar-refractivity contribution in [2.75, 3.05) is 38.3 Å². The van der Waals surface area contributed by atoms with Crippen LogP contribution < -0.4 is 15.2 Å². The number of fused-ring (bicyclic) bond motifs is 3. The van der Waals surface area contributed by atoms with E-state index < -0.39 is 0 Å². The minimum atomic E-state index is 0.0426. The summed E-state index contributed by atoms with van der Waals surface area (Å²) in [6, 6.07) is 7.65. The fourth-order valence-corrected chi connectivity index (χ4v) is 5.56. The molecule has 7 heteroatoms. The van der Waals surface area contributed by atoms with Crippen LogP contribution in [0.4, 0.5) is 5.95 Å². The second-order valence-corrected chi connectivity index (χ2v) is 8.68. The van der Waals surface area contributed by atoms with Crippen molar-refractivity contribution in [2.24, 2.45) is 0 Å². The Morgan fingerprint density at radius 1 is 1.07 bits per heavy atom. The molecule has 0 amide bonds. The Kier molecular flexibility index (Phi) is 5.01. The first kappa shape index (κ1) is 18.6. The summed E-state index contributed by atoms with van der Waals surface area (Å²) in [5.41, 5.74) is 2.09. The minimum Gasteiger partial charge on any atom is -0.497 e. The monoisotopic (exact) mass is 411 g/mol. The van der Waals surface area contributed by atoms with Gasteiger partial charge in [0.15, 0.2) is 0 Å². The molecule has 3 aromatic rings. The lowest BCUT2D eigenvalue weighted by Crippen LogP contribution is -2.40. The molecule has 0 atom stereocenters. The largest absolute Gasteiger partial charge is 0.497 e. The molecule has 1 aliphatic heterocycles. The third kappa shape index (κ3) is 3.32. The summed E-state index contributed by atoms with van der Waals surface area (Å²) >= 11 is 1.71. The third-order valence-corrected chi connectivity index (χ3v) is 7.03. The molecule has 0 N–H and O–H groups in total. The van der Waals surface area contributed by atoms with E-state index in [9.17, 15) is 4.79 Å². The summed E-state index contributed by atoms with van der Waals surface area (Å²) in [6.45, 7) is 2.77. The Labute approximate surface area is 173 Å². The zero-order chi connectivity index (χ0) is 19.8. The highest BCUT2D eigenvalue weighted by Crippen LogP contribution is 2.34. The zero-order valence-corrected chi connectivity index (χ0v) is 17.5. The lowest BCUT2D eigenvalue weighted by Gasteiger charge is -2.29. The number of nitrogens with zero attached hydrogens (tertiary/aromatic N) is 3. The first-order valence-electron chi connectivity index (χ1n) is 10.3. The van der Waals surface area contributed by atoms with Crippen LogP contribution in [0.1, 0.15) is 29.7 Å². The zero-order valence-electron chi connectivity index (χ0n) is 16.6. The van der Waals surface area contributed by atoms with Crippen LogP contribution in [0.3, 0.4) is 0 Å². The topological polar surface area (TPSA) is 56.6 Å². The second kappa shape index (κ2) is 7.80. The highest BCUT2D eigenvalue weighted by atomic mass is 32.1. The molecule has 0 spiro atoms. The van der Waals surface area contributed by atoms with E-state index in [1.54, 1.807) is 23.0 Å². The molecule has 29 heavy (non-hydrogen) atoms. The first-order valence-corrected chi connectivity index (χ1v) is 11.1. The average Bonchev–Trinajstić information content (AvgIpc) is 2.96. The quantitative estimate of drug-likeness (QED) is 0.617. The van der Waals surface area contributed by atoms with Crippen LogP contribution in [0.5, 0.6) is 5.75 Å². The fraction of sp³-hybridized carbons (Fsp3) is 0.455. The van der Waals surface area contributed by atoms with Gasteiger partial charge in [-0.15, -0.1) is 11.3 Å². The summed E-state index contributed by atoms with van der Waals surface area (Å²) < 4.78 is 12.6. The summed E-state index contributed by atoms with van der Waals surface area (Å²) in [4.78, 5) is 23.3. The molecule has 1 saturated heterocycles. The maximum atomic E-state index is 13.8. The molecule has 0 saturated carbocycles. The van der Waals surface area contributed by atoms with Crippen molar-refractivity contribution in [3.05, 3.63) is 45.1 Å². The third-order valence-electron chi connectivity index (χ3n) is 5.85. The lowest BCUT2D eigenvalue weighted by molar-refractivity contribution is 0.122.